The average Bonchev–Trinajstić information content (AvgIpc) is 2.03. The topological polar surface area (TPSA) is 55.1 Å². The van der Waals surface area contributed by atoms with Crippen LogP contribution in [-0.4, -0.2) is 5.91 Å². The summed E-state index contributed by atoms with van der Waals surface area (Å²) < 4.78 is 0. The van der Waals surface area contributed by atoms with Gasteiger partial charge in [-0.3, -0.25) is 4.79 Å². The van der Waals surface area contributed by atoms with Crippen molar-refractivity contribution < 1.29 is 4.79 Å². The lowest BCUT2D eigenvalue weighted by Crippen LogP contribution is -2.12. The Labute approximate surface area is 77.9 Å². The molecule has 0 unspecified atom stereocenters. The highest BCUT2D eigenvalue weighted by atomic mass is 16.1. The highest BCUT2D eigenvalue weighted by Crippen LogP contribution is 2.20. The predicted octanol–water partition coefficient (Wildman–Crippen LogP) is 1.66. The second-order valence-corrected chi connectivity index (χ2v) is 3.06. The molecule has 1 amide bonds. The van der Waals surface area contributed by atoms with Gasteiger partial charge in [0.25, 0.3) is 0 Å². The molecule has 0 spiro atoms. The number of carbonyl (C=O) groups is 1. The lowest BCUT2D eigenvalue weighted by Gasteiger charge is -2.12. The van der Waals surface area contributed by atoms with E-state index in [0.29, 0.717) is 0 Å². The number of para-hydroxylation sites is 1. The van der Waals surface area contributed by atoms with E-state index in [-0.39, 0.29) is 11.9 Å². The normalized spacial score (nSPS) is 12.2. The quantitative estimate of drug-likeness (QED) is 0.723. The molecule has 70 valence electrons. The summed E-state index contributed by atoms with van der Waals surface area (Å²) >= 11 is 0. The fourth-order valence-corrected chi connectivity index (χ4v) is 1.20. The van der Waals surface area contributed by atoms with Gasteiger partial charge < -0.3 is 11.1 Å². The third-order valence-corrected chi connectivity index (χ3v) is 1.76. The number of hydrogen-bond donors (Lipinski definition) is 2. The van der Waals surface area contributed by atoms with E-state index in [4.69, 9.17) is 5.73 Å². The van der Waals surface area contributed by atoms with Gasteiger partial charge in [0.2, 0.25) is 5.91 Å². The molecule has 1 aromatic carbocycles. The fraction of sp³-hybridized carbons (Fsp3) is 0.300. The minimum Gasteiger partial charge on any atom is -0.326 e. The molecule has 0 saturated heterocycles. The van der Waals surface area contributed by atoms with Gasteiger partial charge in [-0.05, 0) is 18.6 Å². The number of carbonyl (C=O) groups excluding carboxylic acids is 1. The number of nitrogens with two attached hydrogens (primary N) is 1. The largest absolute Gasteiger partial charge is 0.326 e. The molecule has 0 fully saturated rings. The molecule has 0 heterocycles. The van der Waals surface area contributed by atoms with Crippen molar-refractivity contribution in [3.05, 3.63) is 29.8 Å². The molecule has 0 aliphatic carbocycles. The van der Waals surface area contributed by atoms with Gasteiger partial charge in [-0.1, -0.05) is 18.2 Å². The van der Waals surface area contributed by atoms with Gasteiger partial charge in [-0.25, -0.2) is 0 Å². The standard InChI is InChI=1S/C10H14N2O/c1-7(11)9-5-3-4-6-10(9)12-8(2)13/h3-7H,11H2,1-2H3,(H,12,13)/t7-/m1/s1. The Morgan fingerprint density at radius 2 is 2.08 bits per heavy atom. The molecular weight excluding hydrogens is 164 g/mol. The zero-order valence-electron chi connectivity index (χ0n) is 7.87. The van der Waals surface area contributed by atoms with Crippen LogP contribution in [0.5, 0.6) is 0 Å². The minimum atomic E-state index is -0.0758. The van der Waals surface area contributed by atoms with E-state index < -0.39 is 0 Å². The molecule has 1 aromatic rings. The van der Waals surface area contributed by atoms with Crippen LogP contribution < -0.4 is 11.1 Å². The molecule has 0 aliphatic heterocycles. The van der Waals surface area contributed by atoms with Gasteiger partial charge in [0.05, 0.1) is 0 Å². The molecule has 0 bridgehead atoms. The summed E-state index contributed by atoms with van der Waals surface area (Å²) in [5.41, 5.74) is 7.49. The van der Waals surface area contributed by atoms with E-state index in [9.17, 15) is 4.79 Å². The fourth-order valence-electron chi connectivity index (χ4n) is 1.20. The Morgan fingerprint density at radius 1 is 1.46 bits per heavy atom. The second kappa shape index (κ2) is 4.05. The summed E-state index contributed by atoms with van der Waals surface area (Å²) in [6.07, 6.45) is 0. The number of anilines is 1. The number of nitrogens with one attached hydrogen (secondary N) is 1. The second-order valence-electron chi connectivity index (χ2n) is 3.06. The Kier molecular flexibility index (Phi) is 3.03. The van der Waals surface area contributed by atoms with Crippen molar-refractivity contribution in [1.29, 1.82) is 0 Å². The summed E-state index contributed by atoms with van der Waals surface area (Å²) in [6, 6.07) is 7.47. The molecule has 3 heteroatoms. The number of rotatable bonds is 2. The maximum absolute atomic E-state index is 10.8. The van der Waals surface area contributed by atoms with E-state index in [0.717, 1.165) is 11.3 Å². The maximum Gasteiger partial charge on any atom is 0.221 e. The molecule has 3 nitrogen and oxygen atoms in total. The summed E-state index contributed by atoms with van der Waals surface area (Å²) in [4.78, 5) is 10.8. The number of benzene rings is 1. The van der Waals surface area contributed by atoms with Crippen LogP contribution in [0, 0.1) is 0 Å². The zero-order chi connectivity index (χ0) is 9.84. The summed E-state index contributed by atoms with van der Waals surface area (Å²) in [6.45, 7) is 3.37. The molecule has 13 heavy (non-hydrogen) atoms. The maximum atomic E-state index is 10.8. The van der Waals surface area contributed by atoms with Gasteiger partial charge in [0.15, 0.2) is 0 Å². The van der Waals surface area contributed by atoms with Gasteiger partial charge in [0.1, 0.15) is 0 Å². The Balaban J connectivity index is 2.97. The van der Waals surface area contributed by atoms with Crippen molar-refractivity contribution in [2.24, 2.45) is 5.73 Å². The van der Waals surface area contributed by atoms with Crippen molar-refractivity contribution in [2.75, 3.05) is 5.32 Å². The zero-order valence-corrected chi connectivity index (χ0v) is 7.87. The lowest BCUT2D eigenvalue weighted by molar-refractivity contribution is -0.114. The van der Waals surface area contributed by atoms with Crippen LogP contribution in [0.15, 0.2) is 24.3 Å². The van der Waals surface area contributed by atoms with Crippen LogP contribution in [0.4, 0.5) is 5.69 Å². The summed E-state index contributed by atoms with van der Waals surface area (Å²) in [5.74, 6) is -0.0758. The molecule has 1 rings (SSSR count). The Hall–Kier alpha value is -1.35. The van der Waals surface area contributed by atoms with Crippen molar-refractivity contribution >= 4 is 11.6 Å². The number of amides is 1. The van der Waals surface area contributed by atoms with Crippen LogP contribution in [-0.2, 0) is 4.79 Å². The monoisotopic (exact) mass is 178 g/mol. The molecule has 0 radical (unpaired) electrons. The van der Waals surface area contributed by atoms with Crippen LogP contribution >= 0.6 is 0 Å². The van der Waals surface area contributed by atoms with Crippen LogP contribution in [0.3, 0.4) is 0 Å². The smallest absolute Gasteiger partial charge is 0.221 e. The van der Waals surface area contributed by atoms with Crippen molar-refractivity contribution in [3.63, 3.8) is 0 Å². The van der Waals surface area contributed by atoms with Crippen molar-refractivity contribution in [3.8, 4) is 0 Å². The number of hydrogen-bond acceptors (Lipinski definition) is 2. The third-order valence-electron chi connectivity index (χ3n) is 1.76. The first kappa shape index (κ1) is 9.74. The summed E-state index contributed by atoms with van der Waals surface area (Å²) in [5, 5.41) is 2.74. The molecule has 0 aliphatic rings. The molecule has 1 atom stereocenters. The Bertz CT molecular complexity index is 308. The van der Waals surface area contributed by atoms with Crippen LogP contribution in [0.2, 0.25) is 0 Å². The summed E-state index contributed by atoms with van der Waals surface area (Å²) in [7, 11) is 0. The van der Waals surface area contributed by atoms with E-state index >= 15 is 0 Å². The molecular formula is C10H14N2O. The van der Waals surface area contributed by atoms with Gasteiger partial charge in [0, 0.05) is 18.7 Å². The first-order valence-electron chi connectivity index (χ1n) is 4.23. The molecule has 3 N–H and O–H groups in total. The van der Waals surface area contributed by atoms with Crippen LogP contribution in [0.25, 0.3) is 0 Å². The van der Waals surface area contributed by atoms with E-state index in [1.165, 1.54) is 6.92 Å². The first-order chi connectivity index (χ1) is 6.11. The van der Waals surface area contributed by atoms with Crippen molar-refractivity contribution in [2.45, 2.75) is 19.9 Å². The van der Waals surface area contributed by atoms with Gasteiger partial charge >= 0.3 is 0 Å². The molecule has 0 aromatic heterocycles. The third kappa shape index (κ3) is 2.56. The Morgan fingerprint density at radius 3 is 2.62 bits per heavy atom. The van der Waals surface area contributed by atoms with Gasteiger partial charge in [-0.15, -0.1) is 0 Å². The minimum absolute atomic E-state index is 0.0666. The van der Waals surface area contributed by atoms with E-state index in [2.05, 4.69) is 5.32 Å². The first-order valence-corrected chi connectivity index (χ1v) is 4.23. The highest BCUT2D eigenvalue weighted by Gasteiger charge is 2.05. The van der Waals surface area contributed by atoms with E-state index in [1.54, 1.807) is 0 Å². The van der Waals surface area contributed by atoms with Crippen molar-refractivity contribution in [1.82, 2.24) is 0 Å². The van der Waals surface area contributed by atoms with E-state index in [1.807, 2.05) is 31.2 Å². The SMILES string of the molecule is CC(=O)Nc1ccccc1[C@@H](C)N. The van der Waals surface area contributed by atoms with Gasteiger partial charge in [-0.2, -0.15) is 0 Å². The predicted molar refractivity (Wildman–Crippen MR) is 53.3 cm³/mol. The van der Waals surface area contributed by atoms with Crippen LogP contribution in [0.1, 0.15) is 25.5 Å². The molecule has 0 saturated carbocycles. The average molecular weight is 178 g/mol. The highest BCUT2D eigenvalue weighted by molar-refractivity contribution is 5.89. The lowest BCUT2D eigenvalue weighted by atomic mass is 10.1.